The molecule has 0 bridgehead atoms. The van der Waals surface area contributed by atoms with Crippen molar-refractivity contribution in [1.82, 2.24) is 10.0 Å². The van der Waals surface area contributed by atoms with Gasteiger partial charge in [0.2, 0.25) is 10.0 Å². The van der Waals surface area contributed by atoms with Gasteiger partial charge in [-0.2, -0.15) is 0 Å². The van der Waals surface area contributed by atoms with Crippen molar-refractivity contribution in [1.29, 1.82) is 0 Å². The second-order valence-electron chi connectivity index (χ2n) is 6.86. The summed E-state index contributed by atoms with van der Waals surface area (Å²) < 4.78 is 25.6. The summed E-state index contributed by atoms with van der Waals surface area (Å²) in [6, 6.07) is 0.725. The molecule has 0 saturated heterocycles. The Balaban J connectivity index is 2.00. The van der Waals surface area contributed by atoms with Crippen LogP contribution < -0.4 is 10.0 Å². The molecule has 0 unspecified atom stereocenters. The van der Waals surface area contributed by atoms with E-state index in [1.807, 2.05) is 0 Å². The third-order valence-corrected chi connectivity index (χ3v) is 6.19. The minimum Gasteiger partial charge on any atom is -0.314 e. The fourth-order valence-electron chi connectivity index (χ4n) is 2.46. The highest BCUT2D eigenvalue weighted by atomic mass is 32.2. The molecule has 0 amide bonds. The van der Waals surface area contributed by atoms with E-state index in [2.05, 4.69) is 10.0 Å². The van der Waals surface area contributed by atoms with Gasteiger partial charge >= 0.3 is 0 Å². The zero-order valence-corrected chi connectivity index (χ0v) is 14.2. The standard InChI is InChI=1S/C15H32N2O2S/c1-15(2,3)20(18,19)17-13-9-5-8-12-16-14-10-6-4-7-11-14/h14,16-17H,4-13H2,1-3H3. The first-order valence-electron chi connectivity index (χ1n) is 8.05. The second-order valence-corrected chi connectivity index (χ2v) is 9.38. The number of hydrogen-bond donors (Lipinski definition) is 2. The van der Waals surface area contributed by atoms with Crippen LogP contribution in [0.5, 0.6) is 0 Å². The van der Waals surface area contributed by atoms with E-state index in [1.54, 1.807) is 20.8 Å². The molecular formula is C15H32N2O2S. The van der Waals surface area contributed by atoms with Crippen LogP contribution in [0.4, 0.5) is 0 Å². The van der Waals surface area contributed by atoms with Crippen molar-refractivity contribution in [3.05, 3.63) is 0 Å². The summed E-state index contributed by atoms with van der Waals surface area (Å²) in [7, 11) is -3.17. The highest BCUT2D eigenvalue weighted by molar-refractivity contribution is 7.90. The molecule has 20 heavy (non-hydrogen) atoms. The molecule has 0 aromatic carbocycles. The summed E-state index contributed by atoms with van der Waals surface area (Å²) in [6.07, 6.45) is 9.91. The largest absolute Gasteiger partial charge is 0.314 e. The number of unbranched alkanes of at least 4 members (excludes halogenated alkanes) is 2. The summed E-state index contributed by atoms with van der Waals surface area (Å²) in [5, 5.41) is 3.61. The molecule has 1 aliphatic carbocycles. The topological polar surface area (TPSA) is 58.2 Å². The fraction of sp³-hybridized carbons (Fsp3) is 1.00. The number of nitrogens with one attached hydrogen (secondary N) is 2. The van der Waals surface area contributed by atoms with Crippen molar-refractivity contribution in [2.24, 2.45) is 0 Å². The Morgan fingerprint density at radius 3 is 2.15 bits per heavy atom. The van der Waals surface area contributed by atoms with Gasteiger partial charge in [0, 0.05) is 12.6 Å². The lowest BCUT2D eigenvalue weighted by Crippen LogP contribution is -2.39. The maximum atomic E-state index is 11.8. The van der Waals surface area contributed by atoms with Crippen molar-refractivity contribution >= 4 is 10.0 Å². The maximum absolute atomic E-state index is 11.8. The van der Waals surface area contributed by atoms with Gasteiger partial charge < -0.3 is 5.32 Å². The van der Waals surface area contributed by atoms with Crippen molar-refractivity contribution in [3.63, 3.8) is 0 Å². The van der Waals surface area contributed by atoms with E-state index >= 15 is 0 Å². The molecule has 1 rings (SSSR count). The third kappa shape index (κ3) is 6.55. The summed E-state index contributed by atoms with van der Waals surface area (Å²) in [5.74, 6) is 0. The molecular weight excluding hydrogens is 272 g/mol. The van der Waals surface area contributed by atoms with Gasteiger partial charge in [-0.15, -0.1) is 0 Å². The molecule has 2 N–H and O–H groups in total. The first-order chi connectivity index (χ1) is 9.33. The van der Waals surface area contributed by atoms with Gasteiger partial charge in [0.15, 0.2) is 0 Å². The first kappa shape index (κ1) is 17.9. The molecule has 1 fully saturated rings. The zero-order chi connectivity index (χ0) is 15.1. The van der Waals surface area contributed by atoms with E-state index in [0.29, 0.717) is 6.54 Å². The minimum absolute atomic E-state index is 0.559. The van der Waals surface area contributed by atoms with Gasteiger partial charge in [0.05, 0.1) is 4.75 Å². The highest BCUT2D eigenvalue weighted by Gasteiger charge is 2.27. The Hall–Kier alpha value is -0.130. The third-order valence-electron chi connectivity index (χ3n) is 3.99. The summed E-state index contributed by atoms with van der Waals surface area (Å²) in [5.41, 5.74) is 0. The average Bonchev–Trinajstić information content (AvgIpc) is 2.37. The van der Waals surface area contributed by atoms with Crippen LogP contribution in [0.1, 0.15) is 72.1 Å². The van der Waals surface area contributed by atoms with E-state index in [1.165, 1.54) is 32.1 Å². The van der Waals surface area contributed by atoms with Crippen LogP contribution in [0.3, 0.4) is 0 Å². The van der Waals surface area contributed by atoms with Crippen molar-refractivity contribution < 1.29 is 8.42 Å². The van der Waals surface area contributed by atoms with Crippen molar-refractivity contribution in [2.75, 3.05) is 13.1 Å². The summed E-state index contributed by atoms with van der Waals surface area (Å²) >= 11 is 0. The SMILES string of the molecule is CC(C)(C)S(=O)(=O)NCCCCCNC1CCCCC1. The summed E-state index contributed by atoms with van der Waals surface area (Å²) in [4.78, 5) is 0. The molecule has 0 aromatic heterocycles. The van der Waals surface area contributed by atoms with Crippen molar-refractivity contribution in [3.8, 4) is 0 Å². The van der Waals surface area contributed by atoms with Gasteiger partial charge in [-0.1, -0.05) is 25.7 Å². The van der Waals surface area contributed by atoms with Crippen molar-refractivity contribution in [2.45, 2.75) is 82.9 Å². The van der Waals surface area contributed by atoms with Gasteiger partial charge in [-0.05, 0) is 53.0 Å². The lowest BCUT2D eigenvalue weighted by molar-refractivity contribution is 0.370. The lowest BCUT2D eigenvalue weighted by atomic mass is 9.95. The Bertz CT molecular complexity index is 355. The monoisotopic (exact) mass is 304 g/mol. The Morgan fingerprint density at radius 2 is 1.55 bits per heavy atom. The number of sulfonamides is 1. The fourth-order valence-corrected chi connectivity index (χ4v) is 3.31. The molecule has 0 aliphatic heterocycles. The Morgan fingerprint density at radius 1 is 0.950 bits per heavy atom. The van der Waals surface area contributed by atoms with E-state index in [4.69, 9.17) is 0 Å². The van der Waals surface area contributed by atoms with Gasteiger partial charge in [-0.3, -0.25) is 0 Å². The van der Waals surface area contributed by atoms with Crippen LogP contribution in [-0.4, -0.2) is 32.3 Å². The van der Waals surface area contributed by atoms with E-state index < -0.39 is 14.8 Å². The molecule has 0 spiro atoms. The smallest absolute Gasteiger partial charge is 0.216 e. The van der Waals surface area contributed by atoms with Crippen LogP contribution in [0.15, 0.2) is 0 Å². The molecule has 0 aromatic rings. The zero-order valence-electron chi connectivity index (χ0n) is 13.4. The second kappa shape index (κ2) is 8.35. The predicted octanol–water partition coefficient (Wildman–Crippen LogP) is 2.80. The van der Waals surface area contributed by atoms with E-state index in [0.717, 1.165) is 31.8 Å². The molecule has 120 valence electrons. The maximum Gasteiger partial charge on any atom is 0.216 e. The van der Waals surface area contributed by atoms with Gasteiger partial charge in [0.25, 0.3) is 0 Å². The number of hydrogen-bond acceptors (Lipinski definition) is 3. The van der Waals surface area contributed by atoms with E-state index in [9.17, 15) is 8.42 Å². The number of rotatable bonds is 8. The minimum atomic E-state index is -3.17. The highest BCUT2D eigenvalue weighted by Crippen LogP contribution is 2.17. The van der Waals surface area contributed by atoms with Crippen LogP contribution in [-0.2, 0) is 10.0 Å². The summed E-state index contributed by atoms with van der Waals surface area (Å²) in [6.45, 7) is 6.80. The Labute approximate surface area is 125 Å². The van der Waals surface area contributed by atoms with Gasteiger partial charge in [0.1, 0.15) is 0 Å². The van der Waals surface area contributed by atoms with Crippen LogP contribution in [0, 0.1) is 0 Å². The van der Waals surface area contributed by atoms with Crippen LogP contribution >= 0.6 is 0 Å². The molecule has 0 heterocycles. The van der Waals surface area contributed by atoms with Crippen LogP contribution in [0.25, 0.3) is 0 Å². The van der Waals surface area contributed by atoms with Gasteiger partial charge in [-0.25, -0.2) is 13.1 Å². The lowest BCUT2D eigenvalue weighted by Gasteiger charge is -2.22. The molecule has 5 heteroatoms. The molecule has 1 saturated carbocycles. The average molecular weight is 305 g/mol. The molecule has 0 atom stereocenters. The molecule has 4 nitrogen and oxygen atoms in total. The molecule has 0 radical (unpaired) electrons. The Kier molecular flexibility index (Phi) is 7.48. The van der Waals surface area contributed by atoms with Crippen LogP contribution in [0.2, 0.25) is 0 Å². The first-order valence-corrected chi connectivity index (χ1v) is 9.54. The normalized spacial score (nSPS) is 18.4. The molecule has 1 aliphatic rings. The quantitative estimate of drug-likeness (QED) is 0.678. The predicted molar refractivity (Wildman–Crippen MR) is 85.4 cm³/mol. The van der Waals surface area contributed by atoms with E-state index in [-0.39, 0.29) is 0 Å².